The second-order valence-corrected chi connectivity index (χ2v) is 6.96. The number of rotatable bonds is 6. The highest BCUT2D eigenvalue weighted by atomic mass is 32.1. The van der Waals surface area contributed by atoms with E-state index in [1.165, 1.54) is 22.1 Å². The summed E-state index contributed by atoms with van der Waals surface area (Å²) >= 11 is 1.12. The standard InChI is InChI=1S/C18H19N3O5S/c1-4-25-18(24)15-11(2)14-16(27-15)19-10-21(17(14)23)9-13(22)20(3)8-12-6-5-7-26-12/h5-7,10H,4,8-9H2,1-3H3. The molecule has 0 fully saturated rings. The second-order valence-electron chi connectivity index (χ2n) is 5.96. The first kappa shape index (κ1) is 18.8. The van der Waals surface area contributed by atoms with Gasteiger partial charge in [-0.05, 0) is 31.5 Å². The van der Waals surface area contributed by atoms with Gasteiger partial charge in [0.25, 0.3) is 5.56 Å². The molecule has 0 saturated carbocycles. The van der Waals surface area contributed by atoms with Crippen LogP contribution in [0.3, 0.4) is 0 Å². The average Bonchev–Trinajstić information content (AvgIpc) is 3.25. The molecular formula is C18H19N3O5S. The monoisotopic (exact) mass is 389 g/mol. The predicted molar refractivity (Wildman–Crippen MR) is 99.8 cm³/mol. The number of aromatic nitrogens is 2. The number of hydrogen-bond donors (Lipinski definition) is 0. The summed E-state index contributed by atoms with van der Waals surface area (Å²) in [6.45, 7) is 3.81. The van der Waals surface area contributed by atoms with Gasteiger partial charge in [0, 0.05) is 7.05 Å². The van der Waals surface area contributed by atoms with Gasteiger partial charge in [-0.3, -0.25) is 14.2 Å². The van der Waals surface area contributed by atoms with Crippen LogP contribution in [0.4, 0.5) is 0 Å². The SMILES string of the molecule is CCOC(=O)c1sc2ncn(CC(=O)N(C)Cc3ccco3)c(=O)c2c1C. The highest BCUT2D eigenvalue weighted by Crippen LogP contribution is 2.27. The molecule has 0 aromatic carbocycles. The Morgan fingerprint density at radius 1 is 1.41 bits per heavy atom. The van der Waals surface area contributed by atoms with Gasteiger partial charge in [-0.15, -0.1) is 11.3 Å². The number of likely N-dealkylation sites (N-methyl/N-ethyl adjacent to an activating group) is 1. The fourth-order valence-corrected chi connectivity index (χ4v) is 3.69. The molecule has 0 spiro atoms. The van der Waals surface area contributed by atoms with Crippen molar-refractivity contribution in [3.63, 3.8) is 0 Å². The van der Waals surface area contributed by atoms with Gasteiger partial charge in [0.1, 0.15) is 22.0 Å². The minimum Gasteiger partial charge on any atom is -0.467 e. The summed E-state index contributed by atoms with van der Waals surface area (Å²) in [5.74, 6) is -0.0779. The average molecular weight is 389 g/mol. The Bertz CT molecular complexity index is 1040. The van der Waals surface area contributed by atoms with Crippen molar-refractivity contribution in [3.8, 4) is 0 Å². The zero-order valence-electron chi connectivity index (χ0n) is 15.2. The predicted octanol–water partition coefficient (Wildman–Crippen LogP) is 2.19. The van der Waals surface area contributed by atoms with E-state index >= 15 is 0 Å². The van der Waals surface area contributed by atoms with E-state index in [1.807, 2.05) is 0 Å². The van der Waals surface area contributed by atoms with Gasteiger partial charge in [0.05, 0.1) is 31.1 Å². The Balaban J connectivity index is 1.86. The molecule has 142 valence electrons. The molecule has 1 amide bonds. The quantitative estimate of drug-likeness (QED) is 0.600. The highest BCUT2D eigenvalue weighted by molar-refractivity contribution is 7.20. The Morgan fingerprint density at radius 3 is 2.85 bits per heavy atom. The van der Waals surface area contributed by atoms with Crippen molar-refractivity contribution in [2.75, 3.05) is 13.7 Å². The van der Waals surface area contributed by atoms with E-state index in [4.69, 9.17) is 9.15 Å². The fraction of sp³-hybridized carbons (Fsp3) is 0.333. The minimum absolute atomic E-state index is 0.150. The van der Waals surface area contributed by atoms with Crippen LogP contribution in [0.25, 0.3) is 10.2 Å². The van der Waals surface area contributed by atoms with Crippen LogP contribution in [0.5, 0.6) is 0 Å². The summed E-state index contributed by atoms with van der Waals surface area (Å²) < 4.78 is 11.5. The van der Waals surface area contributed by atoms with Gasteiger partial charge < -0.3 is 14.1 Å². The summed E-state index contributed by atoms with van der Waals surface area (Å²) in [5, 5.41) is 0.340. The smallest absolute Gasteiger partial charge is 0.348 e. The van der Waals surface area contributed by atoms with E-state index in [0.717, 1.165) is 11.3 Å². The van der Waals surface area contributed by atoms with Crippen LogP contribution >= 0.6 is 11.3 Å². The third kappa shape index (κ3) is 3.77. The van der Waals surface area contributed by atoms with Crippen LogP contribution in [0.2, 0.25) is 0 Å². The highest BCUT2D eigenvalue weighted by Gasteiger charge is 2.21. The fourth-order valence-electron chi connectivity index (χ4n) is 2.65. The molecule has 3 rings (SSSR count). The number of esters is 1. The maximum absolute atomic E-state index is 12.8. The normalized spacial score (nSPS) is 10.9. The van der Waals surface area contributed by atoms with Crippen molar-refractivity contribution in [2.45, 2.75) is 26.9 Å². The Labute approximate surface area is 159 Å². The molecule has 3 aromatic rings. The Morgan fingerprint density at radius 2 is 2.19 bits per heavy atom. The van der Waals surface area contributed by atoms with Crippen LogP contribution in [0, 0.1) is 6.92 Å². The third-order valence-corrected chi connectivity index (χ3v) is 5.26. The molecule has 0 aliphatic carbocycles. The number of aryl methyl sites for hydroxylation is 1. The molecule has 0 radical (unpaired) electrons. The van der Waals surface area contributed by atoms with E-state index < -0.39 is 5.97 Å². The molecule has 3 heterocycles. The van der Waals surface area contributed by atoms with E-state index in [2.05, 4.69) is 4.98 Å². The number of furan rings is 1. The zero-order valence-corrected chi connectivity index (χ0v) is 16.0. The van der Waals surface area contributed by atoms with Gasteiger partial charge in [-0.2, -0.15) is 0 Å². The van der Waals surface area contributed by atoms with Crippen molar-refractivity contribution in [1.29, 1.82) is 0 Å². The number of fused-ring (bicyclic) bond motifs is 1. The minimum atomic E-state index is -0.474. The van der Waals surface area contributed by atoms with Gasteiger partial charge in [-0.1, -0.05) is 0 Å². The molecule has 8 nitrogen and oxygen atoms in total. The number of carbonyl (C=O) groups excluding carboxylic acids is 2. The number of amides is 1. The molecule has 3 aromatic heterocycles. The van der Waals surface area contributed by atoms with E-state index in [0.29, 0.717) is 33.0 Å². The number of nitrogens with zero attached hydrogens (tertiary/aromatic N) is 3. The van der Waals surface area contributed by atoms with Gasteiger partial charge >= 0.3 is 5.97 Å². The second kappa shape index (κ2) is 7.75. The third-order valence-electron chi connectivity index (χ3n) is 4.08. The Hall–Kier alpha value is -2.94. The topological polar surface area (TPSA) is 94.6 Å². The van der Waals surface area contributed by atoms with Gasteiger partial charge in [-0.25, -0.2) is 9.78 Å². The lowest BCUT2D eigenvalue weighted by Gasteiger charge is -2.16. The van der Waals surface area contributed by atoms with Crippen LogP contribution in [0.15, 0.2) is 33.9 Å². The summed E-state index contributed by atoms with van der Waals surface area (Å²) in [5.41, 5.74) is 0.167. The van der Waals surface area contributed by atoms with E-state index in [1.54, 1.807) is 33.0 Å². The lowest BCUT2D eigenvalue weighted by Crippen LogP contribution is -2.33. The molecule has 9 heteroatoms. The maximum atomic E-state index is 12.8. The van der Waals surface area contributed by atoms with Crippen molar-refractivity contribution in [3.05, 3.63) is 51.3 Å². The van der Waals surface area contributed by atoms with E-state index in [9.17, 15) is 14.4 Å². The van der Waals surface area contributed by atoms with Crippen LogP contribution in [-0.4, -0.2) is 40.0 Å². The van der Waals surface area contributed by atoms with Crippen molar-refractivity contribution >= 4 is 33.4 Å². The first-order valence-electron chi connectivity index (χ1n) is 8.34. The van der Waals surface area contributed by atoms with Crippen LogP contribution in [-0.2, 0) is 22.6 Å². The molecule has 0 unspecified atom stereocenters. The lowest BCUT2D eigenvalue weighted by atomic mass is 10.2. The summed E-state index contributed by atoms with van der Waals surface area (Å²) in [4.78, 5) is 43.8. The van der Waals surface area contributed by atoms with Gasteiger partial charge in [0.15, 0.2) is 0 Å². The molecular weight excluding hydrogens is 370 g/mol. The number of carbonyl (C=O) groups is 2. The first-order chi connectivity index (χ1) is 12.9. The summed E-state index contributed by atoms with van der Waals surface area (Å²) in [6.07, 6.45) is 2.87. The molecule has 0 atom stereocenters. The van der Waals surface area contributed by atoms with Crippen LogP contribution in [0.1, 0.15) is 27.9 Å². The Kier molecular flexibility index (Phi) is 5.41. The van der Waals surface area contributed by atoms with Crippen molar-refractivity contribution < 1.29 is 18.7 Å². The molecule has 0 aliphatic heterocycles. The molecule has 0 bridgehead atoms. The number of ether oxygens (including phenoxy) is 1. The molecule has 0 N–H and O–H groups in total. The van der Waals surface area contributed by atoms with Gasteiger partial charge in [0.2, 0.25) is 5.91 Å². The zero-order chi connectivity index (χ0) is 19.6. The van der Waals surface area contributed by atoms with Crippen molar-refractivity contribution in [2.24, 2.45) is 0 Å². The lowest BCUT2D eigenvalue weighted by molar-refractivity contribution is -0.131. The maximum Gasteiger partial charge on any atom is 0.348 e. The van der Waals surface area contributed by atoms with E-state index in [-0.39, 0.29) is 24.6 Å². The largest absolute Gasteiger partial charge is 0.467 e. The first-order valence-corrected chi connectivity index (χ1v) is 9.16. The van der Waals surface area contributed by atoms with Crippen LogP contribution < -0.4 is 5.56 Å². The molecule has 0 saturated heterocycles. The molecule has 0 aliphatic rings. The number of hydrogen-bond acceptors (Lipinski definition) is 7. The summed E-state index contributed by atoms with van der Waals surface area (Å²) in [7, 11) is 1.64. The summed E-state index contributed by atoms with van der Waals surface area (Å²) in [6, 6.07) is 3.52. The molecule has 27 heavy (non-hydrogen) atoms. The number of thiophene rings is 1. The van der Waals surface area contributed by atoms with Crippen molar-refractivity contribution in [1.82, 2.24) is 14.5 Å².